The summed E-state index contributed by atoms with van der Waals surface area (Å²) in [6.45, 7) is 4.45. The van der Waals surface area contributed by atoms with Crippen molar-refractivity contribution in [1.29, 1.82) is 0 Å². The summed E-state index contributed by atoms with van der Waals surface area (Å²) in [7, 11) is 0. The number of benzene rings is 1. The van der Waals surface area contributed by atoms with Crippen LogP contribution in [0.1, 0.15) is 77.2 Å². The molecule has 3 amide bonds. The van der Waals surface area contributed by atoms with E-state index in [-0.39, 0.29) is 52.1 Å². The van der Waals surface area contributed by atoms with Crippen LogP contribution in [0.25, 0.3) is 11.1 Å². The Morgan fingerprint density at radius 1 is 1.09 bits per heavy atom. The number of amides is 3. The molecule has 2 heterocycles. The lowest BCUT2D eigenvalue weighted by Crippen LogP contribution is -2.58. The third-order valence-electron chi connectivity index (χ3n) is 10.8. The number of alkyl halides is 3. The number of Topliss-reactive ketones (excluding diaryl/α,β-unsaturated/α-hetero) is 1. The number of rotatable bonds is 10. The number of halogens is 3. The molecule has 1 aliphatic heterocycles. The summed E-state index contributed by atoms with van der Waals surface area (Å²) in [5, 5.41) is 5.90. The van der Waals surface area contributed by atoms with Crippen molar-refractivity contribution in [2.45, 2.75) is 95.9 Å². The number of anilines is 1. The molecule has 6 rings (SSSR count). The first-order valence-corrected chi connectivity index (χ1v) is 15.9. The van der Waals surface area contributed by atoms with Crippen LogP contribution in [0.5, 0.6) is 0 Å². The van der Waals surface area contributed by atoms with E-state index >= 15 is 0 Å². The molecule has 1 aromatic heterocycles. The second-order valence-electron chi connectivity index (χ2n) is 13.9. The van der Waals surface area contributed by atoms with E-state index in [1.54, 1.807) is 4.90 Å². The van der Waals surface area contributed by atoms with Gasteiger partial charge in [0.05, 0.1) is 11.6 Å². The van der Waals surface area contributed by atoms with Gasteiger partial charge in [0.25, 0.3) is 11.9 Å². The van der Waals surface area contributed by atoms with Crippen molar-refractivity contribution < 1.29 is 36.8 Å². The molecule has 1 aromatic carbocycles. The van der Waals surface area contributed by atoms with Crippen LogP contribution in [0, 0.1) is 29.1 Å². The molecule has 244 valence electrons. The summed E-state index contributed by atoms with van der Waals surface area (Å²) in [5.41, 5.74) is 4.44. The number of primary amides is 1. The highest BCUT2D eigenvalue weighted by atomic mass is 19.4. The van der Waals surface area contributed by atoms with Gasteiger partial charge in [-0.1, -0.05) is 52.4 Å². The molecule has 3 saturated carbocycles. The Balaban J connectivity index is 1.26. The zero-order chi connectivity index (χ0) is 32.3. The minimum atomic E-state index is -4.54. The number of nitrogens with zero attached hydrogens (tertiary/aromatic N) is 2. The number of carbonyl (C=O) groups is 4. The molecular formula is C32H40F3N5O5. The normalized spacial score (nSPS) is 26.1. The molecular weight excluding hydrogens is 591 g/mol. The average molecular weight is 632 g/mol. The molecule has 0 spiro atoms. The molecule has 2 unspecified atom stereocenters. The Hall–Kier alpha value is -3.64. The summed E-state index contributed by atoms with van der Waals surface area (Å²) < 4.78 is 45.6. The Morgan fingerprint density at radius 2 is 1.80 bits per heavy atom. The lowest BCUT2D eigenvalue weighted by atomic mass is 9.80. The Morgan fingerprint density at radius 3 is 2.42 bits per heavy atom. The summed E-state index contributed by atoms with van der Waals surface area (Å²) in [6.07, 6.45) is 2.99. The molecule has 13 heteroatoms. The fourth-order valence-electron chi connectivity index (χ4n) is 7.86. The van der Waals surface area contributed by atoms with Gasteiger partial charge in [-0.25, -0.2) is 0 Å². The van der Waals surface area contributed by atoms with Crippen molar-refractivity contribution in [1.82, 2.24) is 15.2 Å². The van der Waals surface area contributed by atoms with E-state index in [0.717, 1.165) is 63.5 Å². The number of carbonyl (C=O) groups excluding carboxylic acids is 4. The van der Waals surface area contributed by atoms with Crippen LogP contribution < -0.4 is 16.4 Å². The van der Waals surface area contributed by atoms with Crippen LogP contribution in [0.3, 0.4) is 0 Å². The standard InChI is InChI=1S/C32H40F3N5O5/c1-31(2)19-15-40(25(23(19)31)28(43)37-21(26(41)27(36)42)13-16-7-6-8-16)29(44)24(17-9-4-3-5-10-17)39-30-38-20-14-18(32(33,34)35)11-12-22(20)45-30/h11-12,14,16-17,19,21,23-25H,3-10,13,15H2,1-2H3,(H2,36,42)(H,37,43)(H,38,39)/t19-,21?,23?,24+,25+/m1/s1. The predicted molar refractivity (Wildman–Crippen MR) is 157 cm³/mol. The summed E-state index contributed by atoms with van der Waals surface area (Å²) in [5.74, 6) is -2.70. The van der Waals surface area contributed by atoms with Gasteiger partial charge in [-0.2, -0.15) is 18.2 Å². The lowest BCUT2D eigenvalue weighted by Gasteiger charge is -2.37. The van der Waals surface area contributed by atoms with Gasteiger partial charge in [0.15, 0.2) is 5.58 Å². The lowest BCUT2D eigenvalue weighted by molar-refractivity contribution is -0.144. The van der Waals surface area contributed by atoms with Crippen LogP contribution in [0.4, 0.5) is 19.2 Å². The van der Waals surface area contributed by atoms with Gasteiger partial charge in [-0.15, -0.1) is 0 Å². The molecule has 0 bridgehead atoms. The second kappa shape index (κ2) is 11.6. The molecule has 2 aromatic rings. The van der Waals surface area contributed by atoms with E-state index in [1.807, 2.05) is 0 Å². The molecule has 3 aliphatic carbocycles. The highest BCUT2D eigenvalue weighted by molar-refractivity contribution is 6.37. The first kappa shape index (κ1) is 31.3. The minimum Gasteiger partial charge on any atom is -0.424 e. The summed E-state index contributed by atoms with van der Waals surface area (Å²) >= 11 is 0. The fraction of sp³-hybridized carbons (Fsp3) is 0.656. The predicted octanol–water partition coefficient (Wildman–Crippen LogP) is 4.42. The van der Waals surface area contributed by atoms with Crippen LogP contribution >= 0.6 is 0 Å². The van der Waals surface area contributed by atoms with E-state index in [9.17, 15) is 32.3 Å². The van der Waals surface area contributed by atoms with E-state index < -0.39 is 47.5 Å². The van der Waals surface area contributed by atoms with Crippen molar-refractivity contribution in [3.63, 3.8) is 0 Å². The number of hydrogen-bond donors (Lipinski definition) is 3. The molecule has 10 nitrogen and oxygen atoms in total. The third kappa shape index (κ3) is 6.02. The first-order valence-electron chi connectivity index (χ1n) is 15.9. The zero-order valence-electron chi connectivity index (χ0n) is 25.5. The number of aromatic nitrogens is 1. The Labute approximate surface area is 259 Å². The van der Waals surface area contributed by atoms with Crippen molar-refractivity contribution in [3.8, 4) is 0 Å². The minimum absolute atomic E-state index is 0.0141. The van der Waals surface area contributed by atoms with Gasteiger partial charge in [0.2, 0.25) is 17.6 Å². The number of piperidine rings is 1. The quantitative estimate of drug-likeness (QED) is 0.329. The molecule has 4 aliphatic rings. The van der Waals surface area contributed by atoms with Crippen molar-refractivity contribution >= 4 is 40.6 Å². The molecule has 5 atom stereocenters. The third-order valence-corrected chi connectivity index (χ3v) is 10.8. The van der Waals surface area contributed by atoms with Crippen LogP contribution in [0.15, 0.2) is 22.6 Å². The number of nitrogens with two attached hydrogens (primary N) is 1. The number of ketones is 1. The first-order chi connectivity index (χ1) is 21.3. The van der Waals surface area contributed by atoms with Gasteiger partial charge in [-0.05, 0) is 66.5 Å². The molecule has 0 radical (unpaired) electrons. The van der Waals surface area contributed by atoms with Gasteiger partial charge in [0, 0.05) is 6.54 Å². The largest absolute Gasteiger partial charge is 0.424 e. The van der Waals surface area contributed by atoms with Crippen molar-refractivity contribution in [3.05, 3.63) is 23.8 Å². The van der Waals surface area contributed by atoms with Gasteiger partial charge in [0.1, 0.15) is 17.6 Å². The van der Waals surface area contributed by atoms with E-state index in [2.05, 4.69) is 29.5 Å². The van der Waals surface area contributed by atoms with E-state index in [1.165, 1.54) is 6.07 Å². The molecule has 45 heavy (non-hydrogen) atoms. The van der Waals surface area contributed by atoms with Crippen LogP contribution in [-0.2, 0) is 25.4 Å². The highest BCUT2D eigenvalue weighted by Gasteiger charge is 2.69. The number of nitrogens with one attached hydrogen (secondary N) is 2. The monoisotopic (exact) mass is 631 g/mol. The summed E-state index contributed by atoms with van der Waals surface area (Å²) in [4.78, 5) is 58.7. The summed E-state index contributed by atoms with van der Waals surface area (Å²) in [6, 6.07) is 0.243. The van der Waals surface area contributed by atoms with Crippen molar-refractivity contribution in [2.75, 3.05) is 11.9 Å². The number of oxazole rings is 1. The number of hydrogen-bond acceptors (Lipinski definition) is 7. The van der Waals surface area contributed by atoms with E-state index in [4.69, 9.17) is 10.2 Å². The number of likely N-dealkylation sites (tertiary alicyclic amines) is 1. The maximum absolute atomic E-state index is 14.4. The van der Waals surface area contributed by atoms with E-state index in [0.29, 0.717) is 13.0 Å². The maximum atomic E-state index is 14.4. The SMILES string of the molecule is CC1(C)C2[C@@H](C(=O)NC(CC3CCC3)C(=O)C(N)=O)N(C(=O)[C@@H](Nc3nc4cc(C(F)(F)F)ccc4o3)C3CCCCC3)C[C@H]21. The molecule has 1 saturated heterocycles. The topological polar surface area (TPSA) is 148 Å². The average Bonchev–Trinajstić information content (AvgIpc) is 3.32. The molecule has 4 N–H and O–H groups in total. The zero-order valence-corrected chi connectivity index (χ0v) is 25.5. The van der Waals surface area contributed by atoms with Crippen molar-refractivity contribution in [2.24, 2.45) is 34.8 Å². The number of fused-ring (bicyclic) bond motifs is 2. The highest BCUT2D eigenvalue weighted by Crippen LogP contribution is 2.65. The Kier molecular flexibility index (Phi) is 8.09. The smallest absolute Gasteiger partial charge is 0.416 e. The second-order valence-corrected chi connectivity index (χ2v) is 13.9. The Bertz CT molecular complexity index is 1500. The van der Waals surface area contributed by atoms with Gasteiger partial charge < -0.3 is 25.7 Å². The molecule has 4 fully saturated rings. The van der Waals surface area contributed by atoms with Crippen LogP contribution in [0.2, 0.25) is 0 Å². The van der Waals surface area contributed by atoms with Gasteiger partial charge in [-0.3, -0.25) is 19.2 Å². The van der Waals surface area contributed by atoms with Crippen LogP contribution in [-0.4, -0.2) is 58.1 Å². The maximum Gasteiger partial charge on any atom is 0.416 e. The van der Waals surface area contributed by atoms with Gasteiger partial charge >= 0.3 is 6.18 Å². The fourth-order valence-corrected chi connectivity index (χ4v) is 7.86.